The lowest BCUT2D eigenvalue weighted by atomic mass is 10.1. The van der Waals surface area contributed by atoms with Gasteiger partial charge in [0.05, 0.1) is 5.57 Å². The van der Waals surface area contributed by atoms with Crippen LogP contribution in [0.4, 0.5) is 19.0 Å². The van der Waals surface area contributed by atoms with Crippen LogP contribution in [0.5, 0.6) is 0 Å². The smallest absolute Gasteiger partial charge is 0.335 e. The summed E-state index contributed by atoms with van der Waals surface area (Å²) in [6.07, 6.45) is -1.96. The molecule has 1 aromatic rings. The number of carbonyl (C=O) groups excluding carboxylic acids is 1. The van der Waals surface area contributed by atoms with E-state index in [0.717, 1.165) is 6.20 Å². The first-order valence-corrected chi connectivity index (χ1v) is 4.93. The number of aromatic nitrogens is 1. The summed E-state index contributed by atoms with van der Waals surface area (Å²) in [6, 6.07) is 4.97. The van der Waals surface area contributed by atoms with Crippen LogP contribution in [0.2, 0.25) is 0 Å². The van der Waals surface area contributed by atoms with E-state index in [1.807, 2.05) is 0 Å². The molecule has 0 saturated carbocycles. The molecule has 0 radical (unpaired) electrons. The molecule has 0 aliphatic heterocycles. The highest BCUT2D eigenvalue weighted by atomic mass is 19.4. The number of carbonyl (C=O) groups is 1. The first-order chi connectivity index (χ1) is 8.36. The Labute approximate surface area is 102 Å². The zero-order valence-electron chi connectivity index (χ0n) is 9.61. The summed E-state index contributed by atoms with van der Waals surface area (Å²) in [4.78, 5) is 15.9. The highest BCUT2D eigenvalue weighted by Crippen LogP contribution is 2.29. The summed E-state index contributed by atoms with van der Waals surface area (Å²) in [5.41, 5.74) is -1.71. The molecule has 6 heteroatoms. The normalized spacial score (nSPS) is 12.1. The first kappa shape index (κ1) is 14.0. The number of allylic oxidation sites excluding steroid dienone is 2. The first-order valence-electron chi connectivity index (χ1n) is 4.93. The van der Waals surface area contributed by atoms with Crippen LogP contribution in [-0.2, 0) is 4.79 Å². The van der Waals surface area contributed by atoms with Crippen LogP contribution in [-0.4, -0.2) is 24.5 Å². The van der Waals surface area contributed by atoms with Gasteiger partial charge in [-0.3, -0.25) is 4.79 Å². The third-order valence-electron chi connectivity index (χ3n) is 2.16. The number of alkyl halides is 3. The number of hydrogen-bond donors (Lipinski definition) is 0. The number of hydrogen-bond acceptors (Lipinski definition) is 3. The summed E-state index contributed by atoms with van der Waals surface area (Å²) in [5.74, 6) is 0.423. The van der Waals surface area contributed by atoms with Gasteiger partial charge in [0, 0.05) is 25.0 Å². The van der Waals surface area contributed by atoms with Crippen LogP contribution in [0.1, 0.15) is 0 Å². The Balaban J connectivity index is 2.99. The zero-order chi connectivity index (χ0) is 13.8. The summed E-state index contributed by atoms with van der Waals surface area (Å²) < 4.78 is 37.2. The number of pyridine rings is 1. The molecule has 0 fully saturated rings. The molecule has 0 aliphatic rings. The van der Waals surface area contributed by atoms with Crippen molar-refractivity contribution in [3.05, 3.63) is 48.3 Å². The minimum absolute atomic E-state index is 0.120. The van der Waals surface area contributed by atoms with Gasteiger partial charge in [0.15, 0.2) is 6.29 Å². The van der Waals surface area contributed by atoms with Gasteiger partial charge in [0.25, 0.3) is 0 Å². The van der Waals surface area contributed by atoms with Crippen molar-refractivity contribution < 1.29 is 18.0 Å². The molecule has 0 atom stereocenters. The summed E-state index contributed by atoms with van der Waals surface area (Å²) in [7, 11) is 1.50. The molecule has 0 aliphatic carbocycles. The van der Waals surface area contributed by atoms with Crippen LogP contribution in [0.15, 0.2) is 48.3 Å². The molecule has 3 nitrogen and oxygen atoms in total. The van der Waals surface area contributed by atoms with Crippen LogP contribution >= 0.6 is 0 Å². The van der Waals surface area contributed by atoms with Crippen LogP contribution in [0, 0.1) is 0 Å². The zero-order valence-corrected chi connectivity index (χ0v) is 9.61. The summed E-state index contributed by atoms with van der Waals surface area (Å²) in [6.45, 7) is 2.87. The Bertz CT molecular complexity index is 466. The molecule has 1 aromatic heterocycles. The van der Waals surface area contributed by atoms with Crippen molar-refractivity contribution in [1.82, 2.24) is 4.98 Å². The molecule has 0 bridgehead atoms. The lowest BCUT2D eigenvalue weighted by Crippen LogP contribution is -2.17. The lowest BCUT2D eigenvalue weighted by Gasteiger charge is -2.15. The molecule has 0 aromatic carbocycles. The molecule has 96 valence electrons. The van der Waals surface area contributed by atoms with Gasteiger partial charge in [-0.05, 0) is 12.1 Å². The fourth-order valence-electron chi connectivity index (χ4n) is 1.18. The molecular formula is C12H11F3N2O. The maximum absolute atomic E-state index is 12.4. The second kappa shape index (κ2) is 5.48. The average molecular weight is 256 g/mol. The van der Waals surface area contributed by atoms with E-state index in [0.29, 0.717) is 5.82 Å². The maximum atomic E-state index is 12.4. The Hall–Kier alpha value is -2.11. The molecule has 0 unspecified atom stereocenters. The standard InChI is InChI=1S/C12H11F3N2O/c1-9(12(13,14)15)10(8-18)7-17(2)11-5-3-4-6-16-11/h3-8H,1H2,2H3/b10-7-. The van der Waals surface area contributed by atoms with Gasteiger partial charge in [-0.2, -0.15) is 13.2 Å². The van der Waals surface area contributed by atoms with Crippen molar-refractivity contribution >= 4 is 12.1 Å². The van der Waals surface area contributed by atoms with E-state index in [2.05, 4.69) is 11.6 Å². The van der Waals surface area contributed by atoms with Gasteiger partial charge in [-0.25, -0.2) is 4.98 Å². The van der Waals surface area contributed by atoms with Gasteiger partial charge in [0.2, 0.25) is 0 Å². The van der Waals surface area contributed by atoms with Gasteiger partial charge in [0.1, 0.15) is 5.82 Å². The highest BCUT2D eigenvalue weighted by molar-refractivity contribution is 5.81. The summed E-state index contributed by atoms with van der Waals surface area (Å²) >= 11 is 0. The Morgan fingerprint density at radius 1 is 1.44 bits per heavy atom. The Kier molecular flexibility index (Phi) is 4.25. The molecular weight excluding hydrogens is 245 g/mol. The quantitative estimate of drug-likeness (QED) is 0.472. The topological polar surface area (TPSA) is 33.2 Å². The van der Waals surface area contributed by atoms with Gasteiger partial charge >= 0.3 is 6.18 Å². The third-order valence-corrected chi connectivity index (χ3v) is 2.16. The number of halogens is 3. The Morgan fingerprint density at radius 3 is 2.56 bits per heavy atom. The fraction of sp³-hybridized carbons (Fsp3) is 0.167. The molecule has 1 heterocycles. The number of nitrogens with zero attached hydrogens (tertiary/aromatic N) is 2. The lowest BCUT2D eigenvalue weighted by molar-refractivity contribution is -0.108. The number of anilines is 1. The molecule has 0 spiro atoms. The largest absolute Gasteiger partial charge is 0.416 e. The van der Waals surface area contributed by atoms with Crippen LogP contribution in [0.3, 0.4) is 0 Å². The van der Waals surface area contributed by atoms with Gasteiger partial charge in [-0.15, -0.1) is 0 Å². The van der Waals surface area contributed by atoms with Crippen LogP contribution < -0.4 is 4.90 Å². The van der Waals surface area contributed by atoms with E-state index >= 15 is 0 Å². The van der Waals surface area contributed by atoms with Crippen molar-refractivity contribution in [3.63, 3.8) is 0 Å². The predicted molar refractivity (Wildman–Crippen MR) is 62.0 cm³/mol. The Morgan fingerprint density at radius 2 is 2.11 bits per heavy atom. The number of rotatable bonds is 4. The van der Waals surface area contributed by atoms with E-state index in [4.69, 9.17) is 0 Å². The van der Waals surface area contributed by atoms with Crippen molar-refractivity contribution in [2.24, 2.45) is 0 Å². The second-order valence-electron chi connectivity index (χ2n) is 3.48. The average Bonchev–Trinajstić information content (AvgIpc) is 2.34. The minimum Gasteiger partial charge on any atom is -0.335 e. The molecule has 0 saturated heterocycles. The minimum atomic E-state index is -4.63. The SMILES string of the molecule is C=C(/C(C=O)=C\N(C)c1ccccn1)C(F)(F)F. The van der Waals surface area contributed by atoms with Crippen molar-refractivity contribution in [2.75, 3.05) is 11.9 Å². The van der Waals surface area contributed by atoms with Crippen molar-refractivity contribution in [1.29, 1.82) is 0 Å². The van der Waals surface area contributed by atoms with Gasteiger partial charge < -0.3 is 4.90 Å². The molecule has 0 N–H and O–H groups in total. The molecule has 0 amide bonds. The highest BCUT2D eigenvalue weighted by Gasteiger charge is 2.34. The van der Waals surface area contributed by atoms with Crippen molar-refractivity contribution in [3.8, 4) is 0 Å². The van der Waals surface area contributed by atoms with Gasteiger partial charge in [-0.1, -0.05) is 12.6 Å². The second-order valence-corrected chi connectivity index (χ2v) is 3.48. The third kappa shape index (κ3) is 3.44. The predicted octanol–water partition coefficient (Wildman–Crippen LogP) is 2.72. The molecule has 1 rings (SSSR count). The van der Waals surface area contributed by atoms with E-state index in [-0.39, 0.29) is 6.29 Å². The summed E-state index contributed by atoms with van der Waals surface area (Å²) in [5, 5.41) is 0. The van der Waals surface area contributed by atoms with E-state index in [1.54, 1.807) is 18.2 Å². The fourth-order valence-corrected chi connectivity index (χ4v) is 1.18. The van der Waals surface area contributed by atoms with E-state index < -0.39 is 17.3 Å². The van der Waals surface area contributed by atoms with Crippen LogP contribution in [0.25, 0.3) is 0 Å². The molecule has 18 heavy (non-hydrogen) atoms. The van der Waals surface area contributed by atoms with E-state index in [9.17, 15) is 18.0 Å². The maximum Gasteiger partial charge on any atom is 0.416 e. The number of aldehydes is 1. The van der Waals surface area contributed by atoms with E-state index in [1.165, 1.54) is 18.1 Å². The van der Waals surface area contributed by atoms with Crippen molar-refractivity contribution in [2.45, 2.75) is 6.18 Å². The monoisotopic (exact) mass is 256 g/mol.